The van der Waals surface area contributed by atoms with Crippen LogP contribution in [-0.2, 0) is 10.0 Å². The van der Waals surface area contributed by atoms with Gasteiger partial charge in [-0.05, 0) is 43.2 Å². The van der Waals surface area contributed by atoms with Crippen molar-refractivity contribution in [2.45, 2.75) is 23.8 Å². The second-order valence-electron chi connectivity index (χ2n) is 6.14. The Morgan fingerprint density at radius 3 is 2.57 bits per heavy atom. The zero-order valence-electron chi connectivity index (χ0n) is 14.6. The minimum absolute atomic E-state index is 0.00516. The van der Waals surface area contributed by atoms with Gasteiger partial charge in [0.05, 0.1) is 12.0 Å². The SMILES string of the molecule is COc1ccc(C(=O)Nc2ccc(F)c([N+](=O)[O-])c2)cc1S(=O)(=O)NC1CC1. The topological polar surface area (TPSA) is 128 Å². The Hall–Kier alpha value is -3.05. The van der Waals surface area contributed by atoms with E-state index in [1.165, 1.54) is 19.2 Å². The standard InChI is InChI=1S/C17H16FN3O6S/c1-27-15-7-2-10(8-16(15)28(25,26)20-11-3-4-11)17(22)19-12-5-6-13(18)14(9-12)21(23)24/h2,5-9,11,20H,3-4H2,1H3,(H,19,22). The molecule has 0 heterocycles. The van der Waals surface area contributed by atoms with E-state index in [9.17, 15) is 27.7 Å². The van der Waals surface area contributed by atoms with E-state index in [0.717, 1.165) is 37.1 Å². The molecule has 1 aliphatic carbocycles. The summed E-state index contributed by atoms with van der Waals surface area (Å²) >= 11 is 0. The minimum Gasteiger partial charge on any atom is -0.495 e. The lowest BCUT2D eigenvalue weighted by Gasteiger charge is -2.12. The fourth-order valence-corrected chi connectivity index (χ4v) is 3.95. The number of halogens is 1. The van der Waals surface area contributed by atoms with E-state index in [4.69, 9.17) is 4.74 Å². The number of carbonyl (C=O) groups excluding carboxylic acids is 1. The number of sulfonamides is 1. The van der Waals surface area contributed by atoms with Crippen LogP contribution in [0, 0.1) is 15.9 Å². The molecule has 0 saturated heterocycles. The fraction of sp³-hybridized carbons (Fsp3) is 0.235. The number of amides is 1. The first-order chi connectivity index (χ1) is 13.2. The molecule has 148 valence electrons. The van der Waals surface area contributed by atoms with Gasteiger partial charge in [-0.1, -0.05) is 0 Å². The summed E-state index contributed by atoms with van der Waals surface area (Å²) in [7, 11) is -2.58. The molecule has 0 spiro atoms. The van der Waals surface area contributed by atoms with Crippen LogP contribution in [0.1, 0.15) is 23.2 Å². The third-order valence-corrected chi connectivity index (χ3v) is 5.56. The number of hydrogen-bond acceptors (Lipinski definition) is 6. The monoisotopic (exact) mass is 409 g/mol. The summed E-state index contributed by atoms with van der Waals surface area (Å²) in [6, 6.07) is 6.60. The molecule has 2 aromatic carbocycles. The van der Waals surface area contributed by atoms with E-state index >= 15 is 0 Å². The highest BCUT2D eigenvalue weighted by Gasteiger charge is 2.30. The molecule has 0 aliphatic heterocycles. The molecule has 3 rings (SSSR count). The van der Waals surface area contributed by atoms with Crippen molar-refractivity contribution in [1.82, 2.24) is 4.72 Å². The number of benzene rings is 2. The lowest BCUT2D eigenvalue weighted by molar-refractivity contribution is -0.387. The fourth-order valence-electron chi connectivity index (χ4n) is 2.45. The molecule has 28 heavy (non-hydrogen) atoms. The highest BCUT2D eigenvalue weighted by atomic mass is 32.2. The molecule has 1 aliphatic rings. The average Bonchev–Trinajstić information content (AvgIpc) is 3.45. The van der Waals surface area contributed by atoms with Gasteiger partial charge < -0.3 is 10.1 Å². The maximum atomic E-state index is 13.4. The van der Waals surface area contributed by atoms with Crippen LogP contribution in [0.2, 0.25) is 0 Å². The van der Waals surface area contributed by atoms with E-state index < -0.39 is 32.4 Å². The van der Waals surface area contributed by atoms with E-state index in [0.29, 0.717) is 0 Å². The van der Waals surface area contributed by atoms with Crippen LogP contribution in [0.15, 0.2) is 41.3 Å². The summed E-state index contributed by atoms with van der Waals surface area (Å²) in [5.74, 6) is -1.68. The van der Waals surface area contributed by atoms with Crippen molar-refractivity contribution in [2.24, 2.45) is 0 Å². The van der Waals surface area contributed by atoms with Crippen LogP contribution in [-0.4, -0.2) is 32.4 Å². The number of nitro groups is 1. The van der Waals surface area contributed by atoms with Crippen molar-refractivity contribution in [3.05, 3.63) is 57.9 Å². The average molecular weight is 409 g/mol. The quantitative estimate of drug-likeness (QED) is 0.534. The summed E-state index contributed by atoms with van der Waals surface area (Å²) in [4.78, 5) is 22.2. The van der Waals surface area contributed by atoms with Crippen molar-refractivity contribution in [3.8, 4) is 5.75 Å². The molecular weight excluding hydrogens is 393 g/mol. The molecule has 0 bridgehead atoms. The molecule has 0 unspecified atom stereocenters. The van der Waals surface area contributed by atoms with Crippen molar-refractivity contribution >= 4 is 27.3 Å². The second kappa shape index (κ2) is 7.52. The summed E-state index contributed by atoms with van der Waals surface area (Å²) in [6.45, 7) is 0. The number of nitro benzene ring substituents is 1. The number of rotatable bonds is 7. The summed E-state index contributed by atoms with van der Waals surface area (Å²) < 4.78 is 46.0. The highest BCUT2D eigenvalue weighted by molar-refractivity contribution is 7.89. The van der Waals surface area contributed by atoms with Gasteiger partial charge in [-0.25, -0.2) is 13.1 Å². The Morgan fingerprint density at radius 1 is 1.25 bits per heavy atom. The maximum absolute atomic E-state index is 13.4. The molecule has 1 fully saturated rings. The number of anilines is 1. The van der Waals surface area contributed by atoms with Gasteiger partial charge in [0.25, 0.3) is 5.91 Å². The molecule has 11 heteroatoms. The predicted molar refractivity (Wildman–Crippen MR) is 97.3 cm³/mol. The summed E-state index contributed by atoms with van der Waals surface area (Å²) in [6.07, 6.45) is 1.48. The number of ether oxygens (including phenoxy) is 1. The van der Waals surface area contributed by atoms with Gasteiger partial charge >= 0.3 is 5.69 Å². The number of methoxy groups -OCH3 is 1. The van der Waals surface area contributed by atoms with E-state index in [1.54, 1.807) is 0 Å². The van der Waals surface area contributed by atoms with Crippen LogP contribution in [0.5, 0.6) is 5.75 Å². The first-order valence-corrected chi connectivity index (χ1v) is 9.65. The first-order valence-electron chi connectivity index (χ1n) is 8.17. The lowest BCUT2D eigenvalue weighted by Crippen LogP contribution is -2.26. The molecule has 1 amide bonds. The largest absolute Gasteiger partial charge is 0.495 e. The third-order valence-electron chi connectivity index (χ3n) is 4.02. The Morgan fingerprint density at radius 2 is 1.96 bits per heavy atom. The number of carbonyl (C=O) groups is 1. The van der Waals surface area contributed by atoms with Crippen LogP contribution in [0.3, 0.4) is 0 Å². The number of nitrogens with one attached hydrogen (secondary N) is 2. The molecule has 0 atom stereocenters. The molecule has 2 aromatic rings. The van der Waals surface area contributed by atoms with Crippen LogP contribution in [0.25, 0.3) is 0 Å². The number of nitrogens with zero attached hydrogens (tertiary/aromatic N) is 1. The van der Waals surface area contributed by atoms with Crippen molar-refractivity contribution in [2.75, 3.05) is 12.4 Å². The predicted octanol–water partition coefficient (Wildman–Crippen LogP) is 2.44. The van der Waals surface area contributed by atoms with Crippen LogP contribution in [0.4, 0.5) is 15.8 Å². The zero-order valence-corrected chi connectivity index (χ0v) is 15.5. The van der Waals surface area contributed by atoms with Gasteiger partial charge in [0.15, 0.2) is 0 Å². The van der Waals surface area contributed by atoms with E-state index in [1.807, 2.05) is 0 Å². The van der Waals surface area contributed by atoms with Crippen LogP contribution < -0.4 is 14.8 Å². The Kier molecular flexibility index (Phi) is 5.29. The van der Waals surface area contributed by atoms with Gasteiger partial charge in [0, 0.05) is 23.4 Å². The Balaban J connectivity index is 1.89. The van der Waals surface area contributed by atoms with Gasteiger partial charge in [-0.15, -0.1) is 0 Å². The lowest BCUT2D eigenvalue weighted by atomic mass is 10.2. The number of hydrogen-bond donors (Lipinski definition) is 2. The van der Waals surface area contributed by atoms with E-state index in [2.05, 4.69) is 10.0 Å². The van der Waals surface area contributed by atoms with E-state index in [-0.39, 0.29) is 27.9 Å². The van der Waals surface area contributed by atoms with Gasteiger partial charge in [0.1, 0.15) is 10.6 Å². The summed E-state index contributed by atoms with van der Waals surface area (Å²) in [5, 5.41) is 13.2. The molecular formula is C17H16FN3O6S. The second-order valence-corrected chi connectivity index (χ2v) is 7.82. The highest BCUT2D eigenvalue weighted by Crippen LogP contribution is 2.29. The minimum atomic E-state index is -3.89. The molecule has 1 saturated carbocycles. The third kappa shape index (κ3) is 4.26. The molecule has 9 nitrogen and oxygen atoms in total. The zero-order chi connectivity index (χ0) is 20.5. The van der Waals surface area contributed by atoms with Crippen molar-refractivity contribution < 1.29 is 27.3 Å². The normalized spacial score (nSPS) is 13.8. The van der Waals surface area contributed by atoms with Crippen molar-refractivity contribution in [3.63, 3.8) is 0 Å². The summed E-state index contributed by atoms with van der Waals surface area (Å²) in [5.41, 5.74) is -0.803. The smallest absolute Gasteiger partial charge is 0.306 e. The van der Waals surface area contributed by atoms with Gasteiger partial charge in [-0.2, -0.15) is 4.39 Å². The maximum Gasteiger partial charge on any atom is 0.306 e. The molecule has 0 aromatic heterocycles. The molecule has 2 N–H and O–H groups in total. The Bertz CT molecular complexity index is 1050. The van der Waals surface area contributed by atoms with Gasteiger partial charge in [-0.3, -0.25) is 14.9 Å². The van der Waals surface area contributed by atoms with Crippen molar-refractivity contribution in [1.29, 1.82) is 0 Å². The first kappa shape index (κ1) is 19.7. The molecule has 0 radical (unpaired) electrons. The Labute approximate surface area is 159 Å². The van der Waals surface area contributed by atoms with Gasteiger partial charge in [0.2, 0.25) is 15.8 Å². The van der Waals surface area contributed by atoms with Crippen LogP contribution >= 0.6 is 0 Å².